The molecule has 152 valence electrons. The van der Waals surface area contributed by atoms with Gasteiger partial charge >= 0.3 is 5.91 Å². The highest BCUT2D eigenvalue weighted by atomic mass is 79.9. The molecule has 3 aromatic rings. The summed E-state index contributed by atoms with van der Waals surface area (Å²) in [6.07, 6.45) is 1.57. The molecular weight excluding hydrogens is 468 g/mol. The number of hydrogen-bond acceptors (Lipinski definition) is 6. The summed E-state index contributed by atoms with van der Waals surface area (Å²) in [4.78, 5) is 31.5. The second-order valence-corrected chi connectivity index (χ2v) is 8.28. The summed E-state index contributed by atoms with van der Waals surface area (Å²) in [5.41, 5.74) is 1.14. The highest BCUT2D eigenvalue weighted by Crippen LogP contribution is 2.43. The quantitative estimate of drug-likeness (QED) is 0.315. The SMILES string of the molecule is CCOc1ccc(/C(O)=C2\C(=O)C(=O)N(c3nccs3)[C@@H]2c2cccc(Br)c2)cc1. The Morgan fingerprint density at radius 1 is 1.23 bits per heavy atom. The summed E-state index contributed by atoms with van der Waals surface area (Å²) in [6.45, 7) is 2.40. The zero-order valence-corrected chi connectivity index (χ0v) is 18.3. The Morgan fingerprint density at radius 2 is 2.00 bits per heavy atom. The van der Waals surface area contributed by atoms with Gasteiger partial charge in [-0.2, -0.15) is 0 Å². The zero-order chi connectivity index (χ0) is 21.3. The Bertz CT molecular complexity index is 1130. The number of anilines is 1. The molecule has 1 saturated heterocycles. The number of aliphatic hydroxyl groups is 1. The van der Waals surface area contributed by atoms with E-state index in [4.69, 9.17) is 4.74 Å². The fraction of sp³-hybridized carbons (Fsp3) is 0.136. The van der Waals surface area contributed by atoms with Crippen molar-refractivity contribution < 1.29 is 19.4 Å². The average Bonchev–Trinajstić information content (AvgIpc) is 3.35. The molecule has 0 bridgehead atoms. The van der Waals surface area contributed by atoms with Crippen LogP contribution in [0.5, 0.6) is 5.75 Å². The van der Waals surface area contributed by atoms with Crippen LogP contribution in [0.3, 0.4) is 0 Å². The number of ketones is 1. The Kier molecular flexibility index (Phi) is 5.69. The minimum atomic E-state index is -0.791. The van der Waals surface area contributed by atoms with Crippen LogP contribution in [0.4, 0.5) is 5.13 Å². The summed E-state index contributed by atoms with van der Waals surface area (Å²) in [7, 11) is 0. The molecule has 2 heterocycles. The molecule has 0 aliphatic carbocycles. The number of carbonyl (C=O) groups excluding carboxylic acids is 2. The first-order chi connectivity index (χ1) is 14.5. The predicted octanol–water partition coefficient (Wildman–Crippen LogP) is 4.93. The molecule has 0 saturated carbocycles. The molecule has 0 unspecified atom stereocenters. The van der Waals surface area contributed by atoms with Crippen molar-refractivity contribution in [3.8, 4) is 5.75 Å². The number of aromatic nitrogens is 1. The highest BCUT2D eigenvalue weighted by Gasteiger charge is 2.48. The first-order valence-corrected chi connectivity index (χ1v) is 10.9. The molecule has 1 atom stereocenters. The Balaban J connectivity index is 1.88. The van der Waals surface area contributed by atoms with E-state index >= 15 is 0 Å². The second kappa shape index (κ2) is 8.41. The summed E-state index contributed by atoms with van der Waals surface area (Å²) in [5.74, 6) is -1.05. The van der Waals surface area contributed by atoms with Gasteiger partial charge in [0.2, 0.25) is 0 Å². The standard InChI is InChI=1S/C22H17BrN2O4S/c1-2-29-16-8-6-13(7-9-16)19(26)17-18(14-4-3-5-15(23)12-14)25(21(28)20(17)27)22-24-10-11-30-22/h3-12,18,26H,2H2,1H3/b19-17+/t18-/m1/s1. The number of rotatable bonds is 5. The summed E-state index contributed by atoms with van der Waals surface area (Å²) in [5, 5.41) is 13.2. The van der Waals surface area contributed by atoms with Crippen molar-refractivity contribution in [3.63, 3.8) is 0 Å². The van der Waals surface area contributed by atoms with Gasteiger partial charge in [-0.3, -0.25) is 14.5 Å². The highest BCUT2D eigenvalue weighted by molar-refractivity contribution is 9.10. The molecule has 1 aliphatic rings. The number of Topliss-reactive ketones (excluding diaryl/α,β-unsaturated/α-hetero) is 1. The molecule has 6 nitrogen and oxygen atoms in total. The van der Waals surface area contributed by atoms with Crippen LogP contribution in [0.1, 0.15) is 24.1 Å². The van der Waals surface area contributed by atoms with Gasteiger partial charge in [-0.15, -0.1) is 11.3 Å². The van der Waals surface area contributed by atoms with Gasteiger partial charge in [0.1, 0.15) is 11.5 Å². The Morgan fingerprint density at radius 3 is 2.63 bits per heavy atom. The number of benzene rings is 2. The van der Waals surface area contributed by atoms with Gasteiger partial charge in [0.15, 0.2) is 5.13 Å². The van der Waals surface area contributed by atoms with E-state index in [1.807, 2.05) is 31.2 Å². The number of thiazole rings is 1. The maximum atomic E-state index is 13.0. The maximum Gasteiger partial charge on any atom is 0.301 e. The lowest BCUT2D eigenvalue weighted by Gasteiger charge is -2.23. The van der Waals surface area contributed by atoms with Gasteiger partial charge in [0.25, 0.3) is 5.78 Å². The van der Waals surface area contributed by atoms with Crippen molar-refractivity contribution in [3.05, 3.63) is 81.3 Å². The fourth-order valence-corrected chi connectivity index (χ4v) is 4.47. The van der Waals surface area contributed by atoms with Crippen LogP contribution in [0.15, 0.2) is 70.2 Å². The van der Waals surface area contributed by atoms with E-state index < -0.39 is 17.7 Å². The number of ether oxygens (including phenoxy) is 1. The van der Waals surface area contributed by atoms with Crippen molar-refractivity contribution >= 4 is 49.8 Å². The van der Waals surface area contributed by atoms with Crippen LogP contribution >= 0.6 is 27.3 Å². The van der Waals surface area contributed by atoms with E-state index in [1.165, 1.54) is 16.2 Å². The minimum Gasteiger partial charge on any atom is -0.507 e. The third-order valence-electron chi connectivity index (χ3n) is 4.67. The van der Waals surface area contributed by atoms with Crippen LogP contribution in [0.2, 0.25) is 0 Å². The first kappa shape index (κ1) is 20.3. The first-order valence-electron chi connectivity index (χ1n) is 9.20. The second-order valence-electron chi connectivity index (χ2n) is 6.50. The maximum absolute atomic E-state index is 13.0. The van der Waals surface area contributed by atoms with Gasteiger partial charge in [-0.05, 0) is 48.9 Å². The van der Waals surface area contributed by atoms with Gasteiger partial charge in [0.05, 0.1) is 18.2 Å². The van der Waals surface area contributed by atoms with Gasteiger partial charge in [-0.1, -0.05) is 28.1 Å². The van der Waals surface area contributed by atoms with Crippen LogP contribution in [-0.2, 0) is 9.59 Å². The largest absolute Gasteiger partial charge is 0.507 e. The Labute approximate surface area is 185 Å². The molecule has 1 N–H and O–H groups in total. The molecule has 0 spiro atoms. The van der Waals surface area contributed by atoms with Crippen molar-refractivity contribution in [2.75, 3.05) is 11.5 Å². The smallest absolute Gasteiger partial charge is 0.301 e. The van der Waals surface area contributed by atoms with E-state index in [0.717, 1.165) is 4.47 Å². The topological polar surface area (TPSA) is 79.7 Å². The van der Waals surface area contributed by atoms with E-state index in [1.54, 1.807) is 35.8 Å². The fourth-order valence-electron chi connectivity index (χ4n) is 3.39. The van der Waals surface area contributed by atoms with Gasteiger partial charge in [-0.25, -0.2) is 4.98 Å². The number of carbonyl (C=O) groups is 2. The average molecular weight is 485 g/mol. The van der Waals surface area contributed by atoms with Crippen molar-refractivity contribution in [1.29, 1.82) is 0 Å². The zero-order valence-electron chi connectivity index (χ0n) is 15.9. The van der Waals surface area contributed by atoms with E-state index in [-0.39, 0.29) is 11.3 Å². The van der Waals surface area contributed by atoms with Gasteiger partial charge < -0.3 is 9.84 Å². The summed E-state index contributed by atoms with van der Waals surface area (Å²) >= 11 is 4.69. The lowest BCUT2D eigenvalue weighted by Crippen LogP contribution is -2.29. The van der Waals surface area contributed by atoms with Gasteiger partial charge in [0, 0.05) is 21.6 Å². The molecule has 1 aromatic heterocycles. The molecule has 1 fully saturated rings. The van der Waals surface area contributed by atoms with E-state index in [0.29, 0.717) is 28.6 Å². The third kappa shape index (κ3) is 3.64. The van der Waals surface area contributed by atoms with Crippen molar-refractivity contribution in [2.24, 2.45) is 0 Å². The van der Waals surface area contributed by atoms with E-state index in [9.17, 15) is 14.7 Å². The molecule has 4 rings (SSSR count). The summed E-state index contributed by atoms with van der Waals surface area (Å²) in [6, 6.07) is 13.3. The van der Waals surface area contributed by atoms with E-state index in [2.05, 4.69) is 20.9 Å². The molecule has 2 aromatic carbocycles. The van der Waals surface area contributed by atoms with Crippen LogP contribution < -0.4 is 9.64 Å². The monoisotopic (exact) mass is 484 g/mol. The number of amides is 1. The van der Waals surface area contributed by atoms with Crippen molar-refractivity contribution in [1.82, 2.24) is 4.98 Å². The molecule has 30 heavy (non-hydrogen) atoms. The normalized spacial score (nSPS) is 18.1. The number of nitrogens with zero attached hydrogens (tertiary/aromatic N) is 2. The van der Waals surface area contributed by atoms with Crippen LogP contribution in [0, 0.1) is 0 Å². The molecule has 1 amide bonds. The van der Waals surface area contributed by atoms with Crippen molar-refractivity contribution in [2.45, 2.75) is 13.0 Å². The Hall–Kier alpha value is -2.97. The van der Waals surface area contributed by atoms with Crippen LogP contribution in [-0.4, -0.2) is 28.4 Å². The number of halogens is 1. The lowest BCUT2D eigenvalue weighted by molar-refractivity contribution is -0.132. The number of aliphatic hydroxyl groups excluding tert-OH is 1. The van der Waals surface area contributed by atoms with Crippen LogP contribution in [0.25, 0.3) is 5.76 Å². The predicted molar refractivity (Wildman–Crippen MR) is 119 cm³/mol. The molecule has 8 heteroatoms. The lowest BCUT2D eigenvalue weighted by atomic mass is 9.95. The third-order valence-corrected chi connectivity index (χ3v) is 5.94. The molecular formula is C22H17BrN2O4S. The minimum absolute atomic E-state index is 0.0254. The summed E-state index contributed by atoms with van der Waals surface area (Å²) < 4.78 is 6.23. The number of hydrogen-bond donors (Lipinski definition) is 1. The molecule has 0 radical (unpaired) electrons. The molecule has 1 aliphatic heterocycles.